The SMILES string of the molecule is CCNC(=NCC1(CC)CCCC1)NCCN1CCS(=O)(=O)CC1. The standard InChI is InChI=1S/C17H34N4O2S/c1-3-17(7-5-6-8-17)15-20-16(18-4-2)19-9-10-21-11-13-24(22,23)14-12-21/h3-15H2,1-2H3,(H2,18,19,20). The van der Waals surface area contributed by atoms with Crippen molar-refractivity contribution < 1.29 is 8.42 Å². The Morgan fingerprint density at radius 2 is 1.79 bits per heavy atom. The average Bonchev–Trinajstić information content (AvgIpc) is 3.04. The Morgan fingerprint density at radius 3 is 2.38 bits per heavy atom. The quantitative estimate of drug-likeness (QED) is 0.529. The van der Waals surface area contributed by atoms with Crippen LogP contribution in [0.25, 0.3) is 0 Å². The number of nitrogens with zero attached hydrogens (tertiary/aromatic N) is 2. The smallest absolute Gasteiger partial charge is 0.191 e. The molecular weight excluding hydrogens is 324 g/mol. The molecule has 140 valence electrons. The molecule has 0 radical (unpaired) electrons. The van der Waals surface area contributed by atoms with Crippen LogP contribution in [0.3, 0.4) is 0 Å². The first-order valence-corrected chi connectivity index (χ1v) is 11.3. The van der Waals surface area contributed by atoms with Gasteiger partial charge in [-0.2, -0.15) is 0 Å². The molecule has 24 heavy (non-hydrogen) atoms. The van der Waals surface area contributed by atoms with Gasteiger partial charge in [-0.25, -0.2) is 8.42 Å². The third kappa shape index (κ3) is 5.92. The maximum absolute atomic E-state index is 11.5. The van der Waals surface area contributed by atoms with E-state index in [1.165, 1.54) is 32.1 Å². The second-order valence-corrected chi connectivity index (χ2v) is 9.48. The topological polar surface area (TPSA) is 73.8 Å². The number of hydrogen-bond acceptors (Lipinski definition) is 4. The fraction of sp³-hybridized carbons (Fsp3) is 0.941. The predicted molar refractivity (Wildman–Crippen MR) is 100 cm³/mol. The molecule has 1 aliphatic carbocycles. The van der Waals surface area contributed by atoms with Gasteiger partial charge in [-0.05, 0) is 31.6 Å². The monoisotopic (exact) mass is 358 g/mol. The first kappa shape index (κ1) is 19.5. The van der Waals surface area contributed by atoms with E-state index < -0.39 is 9.84 Å². The Labute approximate surface area is 147 Å². The van der Waals surface area contributed by atoms with Crippen molar-refractivity contribution in [1.82, 2.24) is 15.5 Å². The molecule has 2 N–H and O–H groups in total. The number of guanidine groups is 1. The van der Waals surface area contributed by atoms with Gasteiger partial charge in [0.1, 0.15) is 0 Å². The lowest BCUT2D eigenvalue weighted by molar-refractivity contribution is 0.294. The molecule has 2 aliphatic rings. The van der Waals surface area contributed by atoms with Gasteiger partial charge in [0.25, 0.3) is 0 Å². The molecule has 6 nitrogen and oxygen atoms in total. The van der Waals surface area contributed by atoms with E-state index in [0.29, 0.717) is 30.0 Å². The van der Waals surface area contributed by atoms with Crippen molar-refractivity contribution in [2.45, 2.75) is 46.0 Å². The molecule has 1 saturated carbocycles. The Balaban J connectivity index is 1.77. The second kappa shape index (κ2) is 9.04. The lowest BCUT2D eigenvalue weighted by Gasteiger charge is -2.27. The highest BCUT2D eigenvalue weighted by atomic mass is 32.2. The summed E-state index contributed by atoms with van der Waals surface area (Å²) >= 11 is 0. The van der Waals surface area contributed by atoms with Gasteiger partial charge >= 0.3 is 0 Å². The van der Waals surface area contributed by atoms with Crippen LogP contribution in [0.5, 0.6) is 0 Å². The van der Waals surface area contributed by atoms with Crippen LogP contribution in [0.15, 0.2) is 4.99 Å². The zero-order valence-electron chi connectivity index (χ0n) is 15.3. The summed E-state index contributed by atoms with van der Waals surface area (Å²) in [7, 11) is -2.79. The summed E-state index contributed by atoms with van der Waals surface area (Å²) in [6.07, 6.45) is 6.48. The Kier molecular flexibility index (Phi) is 7.34. The van der Waals surface area contributed by atoms with Gasteiger partial charge in [0, 0.05) is 39.3 Å². The molecule has 0 spiro atoms. The van der Waals surface area contributed by atoms with Crippen LogP contribution < -0.4 is 10.6 Å². The molecule has 2 fully saturated rings. The number of sulfone groups is 1. The number of aliphatic imine (C=N–C) groups is 1. The highest BCUT2D eigenvalue weighted by Gasteiger charge is 2.31. The van der Waals surface area contributed by atoms with Crippen LogP contribution in [0.1, 0.15) is 46.0 Å². The summed E-state index contributed by atoms with van der Waals surface area (Å²) in [5.74, 6) is 1.47. The van der Waals surface area contributed by atoms with Crippen molar-refractivity contribution >= 4 is 15.8 Å². The highest BCUT2D eigenvalue weighted by Crippen LogP contribution is 2.41. The largest absolute Gasteiger partial charge is 0.357 e. The van der Waals surface area contributed by atoms with E-state index in [4.69, 9.17) is 4.99 Å². The van der Waals surface area contributed by atoms with Crippen LogP contribution in [0.4, 0.5) is 0 Å². The van der Waals surface area contributed by atoms with Gasteiger partial charge in [-0.15, -0.1) is 0 Å². The molecule has 0 atom stereocenters. The van der Waals surface area contributed by atoms with Crippen molar-refractivity contribution in [2.75, 3.05) is 50.8 Å². The molecular formula is C17H34N4O2S. The van der Waals surface area contributed by atoms with Gasteiger partial charge in [-0.1, -0.05) is 19.8 Å². The van der Waals surface area contributed by atoms with Gasteiger partial charge < -0.3 is 10.6 Å². The van der Waals surface area contributed by atoms with Crippen LogP contribution in [0, 0.1) is 5.41 Å². The lowest BCUT2D eigenvalue weighted by atomic mass is 9.84. The van der Waals surface area contributed by atoms with E-state index in [1.54, 1.807) is 0 Å². The Hall–Kier alpha value is -0.820. The highest BCUT2D eigenvalue weighted by molar-refractivity contribution is 7.91. The second-order valence-electron chi connectivity index (χ2n) is 7.18. The summed E-state index contributed by atoms with van der Waals surface area (Å²) in [4.78, 5) is 7.03. The van der Waals surface area contributed by atoms with Crippen LogP contribution >= 0.6 is 0 Å². The molecule has 0 bridgehead atoms. The molecule has 0 unspecified atom stereocenters. The van der Waals surface area contributed by atoms with Gasteiger partial charge in [0.05, 0.1) is 11.5 Å². The van der Waals surface area contributed by atoms with E-state index in [9.17, 15) is 8.42 Å². The van der Waals surface area contributed by atoms with E-state index in [-0.39, 0.29) is 0 Å². The zero-order valence-corrected chi connectivity index (χ0v) is 16.1. The molecule has 0 aromatic rings. The fourth-order valence-electron chi connectivity index (χ4n) is 3.64. The maximum atomic E-state index is 11.5. The average molecular weight is 359 g/mol. The van der Waals surface area contributed by atoms with Gasteiger partial charge in [-0.3, -0.25) is 9.89 Å². The van der Waals surface area contributed by atoms with Gasteiger partial charge in [0.2, 0.25) is 0 Å². The molecule has 1 aliphatic heterocycles. The number of rotatable bonds is 7. The number of nitrogens with one attached hydrogen (secondary N) is 2. The van der Waals surface area contributed by atoms with Crippen molar-refractivity contribution in [3.05, 3.63) is 0 Å². The normalized spacial score (nSPS) is 24.0. The van der Waals surface area contributed by atoms with Gasteiger partial charge in [0.15, 0.2) is 15.8 Å². The summed E-state index contributed by atoms with van der Waals surface area (Å²) in [5, 5.41) is 6.72. The molecule has 1 saturated heterocycles. The first-order valence-electron chi connectivity index (χ1n) is 9.43. The minimum atomic E-state index is -2.79. The van der Waals surface area contributed by atoms with Crippen LogP contribution in [-0.2, 0) is 9.84 Å². The number of hydrogen-bond donors (Lipinski definition) is 2. The minimum Gasteiger partial charge on any atom is -0.357 e. The third-order valence-corrected chi connectivity index (χ3v) is 7.10. The summed E-state index contributed by atoms with van der Waals surface area (Å²) in [6, 6.07) is 0. The van der Waals surface area contributed by atoms with E-state index in [0.717, 1.165) is 32.1 Å². The Morgan fingerprint density at radius 1 is 1.12 bits per heavy atom. The molecule has 0 aromatic heterocycles. The van der Waals surface area contributed by atoms with Crippen molar-refractivity contribution in [3.8, 4) is 0 Å². The lowest BCUT2D eigenvalue weighted by Crippen LogP contribution is -2.46. The van der Waals surface area contributed by atoms with Crippen LogP contribution in [0.2, 0.25) is 0 Å². The first-order chi connectivity index (χ1) is 11.5. The fourth-order valence-corrected chi connectivity index (χ4v) is 4.92. The van der Waals surface area contributed by atoms with E-state index in [1.807, 2.05) is 0 Å². The summed E-state index contributed by atoms with van der Waals surface area (Å²) in [5.41, 5.74) is 0.406. The molecule has 2 rings (SSSR count). The summed E-state index contributed by atoms with van der Waals surface area (Å²) < 4.78 is 22.9. The van der Waals surface area contributed by atoms with Crippen molar-refractivity contribution in [2.24, 2.45) is 10.4 Å². The minimum absolute atomic E-state index is 0.292. The summed E-state index contributed by atoms with van der Waals surface area (Å²) in [6.45, 7) is 9.08. The van der Waals surface area contributed by atoms with Crippen LogP contribution in [-0.4, -0.2) is 70.1 Å². The zero-order chi connectivity index (χ0) is 17.5. The molecule has 1 heterocycles. The molecule has 0 aromatic carbocycles. The van der Waals surface area contributed by atoms with Crippen molar-refractivity contribution in [1.29, 1.82) is 0 Å². The third-order valence-electron chi connectivity index (χ3n) is 5.49. The van der Waals surface area contributed by atoms with E-state index >= 15 is 0 Å². The molecule has 0 amide bonds. The van der Waals surface area contributed by atoms with Crippen molar-refractivity contribution in [3.63, 3.8) is 0 Å². The maximum Gasteiger partial charge on any atom is 0.191 e. The molecule has 7 heteroatoms. The predicted octanol–water partition coefficient (Wildman–Crippen LogP) is 1.24. The Bertz CT molecular complexity index is 499. The van der Waals surface area contributed by atoms with E-state index in [2.05, 4.69) is 29.4 Å².